The zero-order chi connectivity index (χ0) is 21.7. The van der Waals surface area contributed by atoms with Crippen LogP contribution in [0.1, 0.15) is 6.42 Å². The van der Waals surface area contributed by atoms with Gasteiger partial charge in [-0.25, -0.2) is 22.8 Å². The highest BCUT2D eigenvalue weighted by Crippen LogP contribution is 2.34. The first-order chi connectivity index (χ1) is 14.3. The summed E-state index contributed by atoms with van der Waals surface area (Å²) >= 11 is 0. The molecule has 0 saturated carbocycles. The number of benzene rings is 2. The number of sulfonamides is 1. The molecule has 0 unspecified atom stereocenters. The maximum absolute atomic E-state index is 13.1. The molecule has 0 amide bonds. The molecule has 2 aromatic carbocycles. The van der Waals surface area contributed by atoms with E-state index in [2.05, 4.69) is 19.6 Å². The molecule has 0 aliphatic carbocycles. The molecule has 1 N–H and O–H groups in total. The number of aromatic nitrogens is 2. The van der Waals surface area contributed by atoms with Gasteiger partial charge < -0.3 is 14.4 Å². The molecule has 1 aromatic heterocycles. The van der Waals surface area contributed by atoms with E-state index >= 15 is 0 Å². The second-order valence-corrected chi connectivity index (χ2v) is 8.49. The molecule has 0 bridgehead atoms. The average Bonchev–Trinajstić information content (AvgIpc) is 2.71. The number of ether oxygens (including phenoxy) is 2. The molecule has 30 heavy (non-hydrogen) atoms. The Hall–Kier alpha value is -2.98. The van der Waals surface area contributed by atoms with E-state index in [4.69, 9.17) is 9.47 Å². The minimum atomic E-state index is -3.96. The maximum Gasteiger partial charge on any atom is 0.263 e. The molecule has 8 nitrogen and oxygen atoms in total. The molecule has 1 heterocycles. The van der Waals surface area contributed by atoms with Crippen molar-refractivity contribution in [2.75, 3.05) is 39.1 Å². The molecule has 0 aliphatic heterocycles. The van der Waals surface area contributed by atoms with Crippen LogP contribution in [0.25, 0.3) is 10.9 Å². The summed E-state index contributed by atoms with van der Waals surface area (Å²) in [6.07, 6.45) is 2.09. The van der Waals surface area contributed by atoms with Gasteiger partial charge in [0.25, 0.3) is 10.0 Å². The van der Waals surface area contributed by atoms with E-state index in [0.717, 1.165) is 25.1 Å². The first-order valence-corrected chi connectivity index (χ1v) is 10.7. The maximum atomic E-state index is 13.1. The molecule has 160 valence electrons. The number of nitrogens with one attached hydrogen (secondary N) is 1. The van der Waals surface area contributed by atoms with Gasteiger partial charge in [-0.1, -0.05) is 0 Å². The van der Waals surface area contributed by atoms with E-state index in [1.165, 1.54) is 25.6 Å². The van der Waals surface area contributed by atoms with Crippen LogP contribution in [0.2, 0.25) is 0 Å². The van der Waals surface area contributed by atoms with Crippen LogP contribution in [0.15, 0.2) is 47.6 Å². The normalized spacial score (nSPS) is 11.6. The number of nitrogens with zero attached hydrogens (tertiary/aromatic N) is 3. The topological polar surface area (TPSA) is 93.6 Å². The number of hydrogen-bond donors (Lipinski definition) is 1. The summed E-state index contributed by atoms with van der Waals surface area (Å²) in [7, 11) is 1.52. The Balaban J connectivity index is 1.90. The molecule has 0 fully saturated rings. The Morgan fingerprint density at radius 3 is 2.50 bits per heavy atom. The van der Waals surface area contributed by atoms with E-state index in [9.17, 15) is 12.8 Å². The summed E-state index contributed by atoms with van der Waals surface area (Å²) in [6, 6.07) is 7.83. The monoisotopic (exact) mass is 434 g/mol. The Morgan fingerprint density at radius 2 is 1.83 bits per heavy atom. The van der Waals surface area contributed by atoms with Crippen LogP contribution in [-0.2, 0) is 10.0 Å². The summed E-state index contributed by atoms with van der Waals surface area (Å²) in [4.78, 5) is 10.3. The van der Waals surface area contributed by atoms with Crippen molar-refractivity contribution < 1.29 is 22.3 Å². The van der Waals surface area contributed by atoms with Crippen LogP contribution < -0.4 is 14.2 Å². The summed E-state index contributed by atoms with van der Waals surface area (Å²) in [5.74, 6) is 0.505. The van der Waals surface area contributed by atoms with Gasteiger partial charge in [0.2, 0.25) is 0 Å². The highest BCUT2D eigenvalue weighted by molar-refractivity contribution is 7.92. The van der Waals surface area contributed by atoms with Crippen LogP contribution in [-0.4, -0.2) is 57.6 Å². The number of methoxy groups -OCH3 is 1. The Morgan fingerprint density at radius 1 is 1.10 bits per heavy atom. The number of hydrogen-bond acceptors (Lipinski definition) is 7. The van der Waals surface area contributed by atoms with Crippen LogP contribution in [0.3, 0.4) is 0 Å². The molecule has 0 aliphatic rings. The summed E-state index contributed by atoms with van der Waals surface area (Å²) < 4.78 is 52.1. The fraction of sp³-hybridized carbons (Fsp3) is 0.300. The van der Waals surface area contributed by atoms with E-state index in [-0.39, 0.29) is 10.7 Å². The minimum absolute atomic E-state index is 0.0801. The van der Waals surface area contributed by atoms with Crippen LogP contribution in [0.5, 0.6) is 11.5 Å². The lowest BCUT2D eigenvalue weighted by molar-refractivity contribution is 0.268. The molecule has 0 atom stereocenters. The average molecular weight is 434 g/mol. The lowest BCUT2D eigenvalue weighted by Crippen LogP contribution is -2.15. The van der Waals surface area contributed by atoms with E-state index in [1.807, 2.05) is 14.1 Å². The third kappa shape index (κ3) is 5.14. The van der Waals surface area contributed by atoms with Crippen LogP contribution >= 0.6 is 0 Å². The molecule has 0 radical (unpaired) electrons. The van der Waals surface area contributed by atoms with Crippen molar-refractivity contribution in [1.82, 2.24) is 14.9 Å². The third-order valence-corrected chi connectivity index (χ3v) is 5.64. The van der Waals surface area contributed by atoms with Crippen LogP contribution in [0.4, 0.5) is 10.2 Å². The van der Waals surface area contributed by atoms with Crippen molar-refractivity contribution in [3.8, 4) is 11.5 Å². The van der Waals surface area contributed by atoms with Gasteiger partial charge in [0.15, 0.2) is 17.3 Å². The van der Waals surface area contributed by atoms with Gasteiger partial charge in [0, 0.05) is 18.0 Å². The highest BCUT2D eigenvalue weighted by Gasteiger charge is 2.18. The fourth-order valence-electron chi connectivity index (χ4n) is 2.78. The standard InChI is InChI=1S/C20H23FN4O4S/c1-25(2)9-4-10-29-19-12-17-16(11-18(19)28-3)20(23-13-22-17)24-30(26,27)15-7-5-14(21)6-8-15/h5-8,11-13H,4,9-10H2,1-3H3,(H,22,23,24). The number of rotatable bonds is 9. The van der Waals surface area contributed by atoms with Gasteiger partial charge in [0.05, 0.1) is 24.1 Å². The molecule has 0 spiro atoms. The summed E-state index contributed by atoms with van der Waals surface area (Å²) in [5.41, 5.74) is 0.491. The first kappa shape index (κ1) is 21.7. The Bertz CT molecular complexity index is 1120. The Kier molecular flexibility index (Phi) is 6.68. The largest absolute Gasteiger partial charge is 0.493 e. The van der Waals surface area contributed by atoms with Crippen molar-refractivity contribution in [3.05, 3.63) is 48.5 Å². The van der Waals surface area contributed by atoms with Crippen molar-refractivity contribution >= 4 is 26.7 Å². The minimum Gasteiger partial charge on any atom is -0.493 e. The van der Waals surface area contributed by atoms with E-state index < -0.39 is 15.8 Å². The lowest BCUT2D eigenvalue weighted by atomic mass is 10.2. The second kappa shape index (κ2) is 9.23. The molecule has 0 saturated heterocycles. The smallest absolute Gasteiger partial charge is 0.263 e. The summed E-state index contributed by atoms with van der Waals surface area (Å²) in [6.45, 7) is 1.38. The zero-order valence-corrected chi connectivity index (χ0v) is 17.7. The van der Waals surface area contributed by atoms with Crippen LogP contribution in [0, 0.1) is 5.82 Å². The summed E-state index contributed by atoms with van der Waals surface area (Å²) in [5, 5.41) is 0.445. The molecule has 10 heteroatoms. The highest BCUT2D eigenvalue weighted by atomic mass is 32.2. The fourth-order valence-corrected chi connectivity index (χ4v) is 3.81. The van der Waals surface area contributed by atoms with Gasteiger partial charge >= 0.3 is 0 Å². The van der Waals surface area contributed by atoms with E-state index in [1.54, 1.807) is 12.1 Å². The van der Waals surface area contributed by atoms with Gasteiger partial charge in [-0.05, 0) is 50.8 Å². The third-order valence-electron chi connectivity index (χ3n) is 4.28. The van der Waals surface area contributed by atoms with Gasteiger partial charge in [-0.15, -0.1) is 0 Å². The Labute approximate surface area is 174 Å². The van der Waals surface area contributed by atoms with Gasteiger partial charge in [-0.2, -0.15) is 0 Å². The number of halogens is 1. The predicted octanol–water partition coefficient (Wildman–Crippen LogP) is 2.91. The SMILES string of the molecule is COc1cc2c(NS(=O)(=O)c3ccc(F)cc3)ncnc2cc1OCCCN(C)C. The molecule has 3 aromatic rings. The van der Waals surface area contributed by atoms with E-state index in [0.29, 0.717) is 29.0 Å². The zero-order valence-electron chi connectivity index (χ0n) is 16.9. The molecule has 3 rings (SSSR count). The van der Waals surface area contributed by atoms with Crippen molar-refractivity contribution in [2.24, 2.45) is 0 Å². The van der Waals surface area contributed by atoms with Gasteiger partial charge in [0.1, 0.15) is 12.1 Å². The van der Waals surface area contributed by atoms with Gasteiger partial charge in [-0.3, -0.25) is 4.72 Å². The van der Waals surface area contributed by atoms with Crippen molar-refractivity contribution in [1.29, 1.82) is 0 Å². The lowest BCUT2D eigenvalue weighted by Gasteiger charge is -2.15. The second-order valence-electron chi connectivity index (χ2n) is 6.81. The first-order valence-electron chi connectivity index (χ1n) is 9.19. The quantitative estimate of drug-likeness (QED) is 0.518. The molecular formula is C20H23FN4O4S. The predicted molar refractivity (Wildman–Crippen MR) is 112 cm³/mol. The van der Waals surface area contributed by atoms with Crippen molar-refractivity contribution in [2.45, 2.75) is 11.3 Å². The molecular weight excluding hydrogens is 411 g/mol. The van der Waals surface area contributed by atoms with Crippen molar-refractivity contribution in [3.63, 3.8) is 0 Å². The number of fused-ring (bicyclic) bond motifs is 1. The number of anilines is 1.